The molecule has 8 heteroatoms. The minimum atomic E-state index is -0.529. The molecule has 6 nitrogen and oxygen atoms in total. The number of nitrogens with two attached hydrogens (primary N) is 1. The van der Waals surface area contributed by atoms with Gasteiger partial charge in [0.15, 0.2) is 4.77 Å². The number of rotatable bonds is 5. The highest BCUT2D eigenvalue weighted by Gasteiger charge is 2.21. The molecule has 21 heavy (non-hydrogen) atoms. The maximum absolute atomic E-state index is 12.6. The molecule has 0 bridgehead atoms. The molecule has 0 aromatic carbocycles. The number of H-pyrrole nitrogens is 1. The first-order chi connectivity index (χ1) is 10.1. The van der Waals surface area contributed by atoms with E-state index in [9.17, 15) is 9.59 Å². The van der Waals surface area contributed by atoms with Gasteiger partial charge in [-0.3, -0.25) is 14.2 Å². The first-order valence-corrected chi connectivity index (χ1v) is 7.94. The number of fused-ring (bicyclic) bond motifs is 3. The van der Waals surface area contributed by atoms with Crippen LogP contribution in [0.2, 0.25) is 0 Å². The summed E-state index contributed by atoms with van der Waals surface area (Å²) >= 11 is 6.87. The molecule has 3 N–H and O–H groups in total. The molecule has 112 valence electrons. The Morgan fingerprint density at radius 2 is 2.29 bits per heavy atom. The molecule has 1 aliphatic carbocycles. The smallest absolute Gasteiger partial charge is 0.263 e. The molecular formula is C13H15N3O3S2. The summed E-state index contributed by atoms with van der Waals surface area (Å²) in [5, 5.41) is 0.760. The number of thiophene rings is 1. The van der Waals surface area contributed by atoms with Crippen LogP contribution >= 0.6 is 23.6 Å². The van der Waals surface area contributed by atoms with E-state index in [2.05, 4.69) is 4.98 Å². The second-order valence-electron chi connectivity index (χ2n) is 4.97. The van der Waals surface area contributed by atoms with E-state index < -0.39 is 5.91 Å². The van der Waals surface area contributed by atoms with Crippen LogP contribution in [0, 0.1) is 4.77 Å². The van der Waals surface area contributed by atoms with Gasteiger partial charge in [0, 0.05) is 4.88 Å². The fourth-order valence-corrected chi connectivity index (χ4v) is 4.26. The van der Waals surface area contributed by atoms with Gasteiger partial charge < -0.3 is 15.5 Å². The van der Waals surface area contributed by atoms with Crippen molar-refractivity contribution in [3.63, 3.8) is 0 Å². The van der Waals surface area contributed by atoms with Gasteiger partial charge in [0.05, 0.1) is 18.5 Å². The summed E-state index contributed by atoms with van der Waals surface area (Å²) in [6, 6.07) is 0. The summed E-state index contributed by atoms with van der Waals surface area (Å²) in [6.45, 7) is 0.376. The zero-order valence-corrected chi connectivity index (χ0v) is 12.9. The summed E-state index contributed by atoms with van der Waals surface area (Å²) in [6.07, 6.45) is 3.09. The van der Waals surface area contributed by atoms with E-state index in [4.69, 9.17) is 22.7 Å². The molecule has 0 fully saturated rings. The fraction of sp³-hybridized carbons (Fsp3) is 0.462. The van der Waals surface area contributed by atoms with E-state index in [0.717, 1.165) is 35.0 Å². The predicted octanol–water partition coefficient (Wildman–Crippen LogP) is 1.11. The molecule has 3 rings (SSSR count). The number of ether oxygens (including phenoxy) is 1. The summed E-state index contributed by atoms with van der Waals surface area (Å²) in [5.74, 6) is -0.529. The van der Waals surface area contributed by atoms with E-state index in [1.54, 1.807) is 11.3 Å². The lowest BCUT2D eigenvalue weighted by Gasteiger charge is -2.07. The first-order valence-electron chi connectivity index (χ1n) is 6.71. The van der Waals surface area contributed by atoms with Crippen LogP contribution in [0.25, 0.3) is 10.2 Å². The van der Waals surface area contributed by atoms with Gasteiger partial charge in [-0.05, 0) is 37.0 Å². The molecule has 1 amide bonds. The second-order valence-corrected chi connectivity index (χ2v) is 6.46. The molecule has 0 saturated carbocycles. The number of primary amides is 1. The van der Waals surface area contributed by atoms with Gasteiger partial charge in [0.1, 0.15) is 11.4 Å². The minimum absolute atomic E-state index is 0.0733. The van der Waals surface area contributed by atoms with Crippen molar-refractivity contribution in [2.24, 2.45) is 5.73 Å². The highest BCUT2D eigenvalue weighted by atomic mass is 32.1. The number of nitrogens with one attached hydrogen (secondary N) is 1. The first kappa shape index (κ1) is 14.4. The van der Waals surface area contributed by atoms with E-state index in [1.165, 1.54) is 9.44 Å². The van der Waals surface area contributed by atoms with Gasteiger partial charge in [-0.1, -0.05) is 0 Å². The number of hydrogen-bond acceptors (Lipinski definition) is 5. The van der Waals surface area contributed by atoms with Crippen molar-refractivity contribution in [1.29, 1.82) is 0 Å². The van der Waals surface area contributed by atoms with E-state index in [0.29, 0.717) is 11.3 Å². The molecule has 2 aromatic rings. The van der Waals surface area contributed by atoms with E-state index in [1.807, 2.05) is 0 Å². The number of hydrogen-bond donors (Lipinski definition) is 2. The maximum Gasteiger partial charge on any atom is 0.263 e. The second kappa shape index (κ2) is 5.70. The number of aromatic nitrogens is 2. The summed E-state index contributed by atoms with van der Waals surface area (Å²) in [4.78, 5) is 28.5. The lowest BCUT2D eigenvalue weighted by Crippen LogP contribution is -2.26. The Kier molecular flexibility index (Phi) is 3.92. The molecular weight excluding hydrogens is 310 g/mol. The van der Waals surface area contributed by atoms with Crippen LogP contribution in [-0.2, 0) is 28.9 Å². The average Bonchev–Trinajstić information content (AvgIpc) is 2.96. The van der Waals surface area contributed by atoms with Crippen molar-refractivity contribution < 1.29 is 9.53 Å². The normalized spacial score (nSPS) is 13.7. The highest BCUT2D eigenvalue weighted by Crippen LogP contribution is 2.34. The van der Waals surface area contributed by atoms with Gasteiger partial charge in [-0.2, -0.15) is 0 Å². The van der Waals surface area contributed by atoms with Gasteiger partial charge in [0.25, 0.3) is 5.56 Å². The molecule has 0 atom stereocenters. The van der Waals surface area contributed by atoms with Gasteiger partial charge in [-0.15, -0.1) is 11.3 Å². The quantitative estimate of drug-likeness (QED) is 0.636. The Morgan fingerprint density at radius 3 is 3.05 bits per heavy atom. The van der Waals surface area contributed by atoms with Gasteiger partial charge in [0.2, 0.25) is 5.91 Å². The molecule has 2 aromatic heterocycles. The standard InChI is InChI=1S/C13H15N3O3S2/c14-9(17)6-19-5-4-16-12(18)10-7-2-1-3-8(7)21-11(10)15-13(16)20/h1-6H2,(H2,14,17)(H,15,20). The molecule has 0 saturated heterocycles. The number of nitrogens with zero attached hydrogens (tertiary/aromatic N) is 1. The van der Waals surface area contributed by atoms with Crippen LogP contribution in [0.1, 0.15) is 16.9 Å². The minimum Gasteiger partial charge on any atom is -0.370 e. The predicted molar refractivity (Wildman–Crippen MR) is 83.3 cm³/mol. The molecule has 1 aliphatic rings. The third-order valence-corrected chi connectivity index (χ3v) is 5.08. The maximum atomic E-state index is 12.6. The van der Waals surface area contributed by atoms with Crippen molar-refractivity contribution >= 4 is 39.7 Å². The largest absolute Gasteiger partial charge is 0.370 e. The van der Waals surface area contributed by atoms with Crippen LogP contribution < -0.4 is 11.3 Å². The zero-order valence-electron chi connectivity index (χ0n) is 11.3. The van der Waals surface area contributed by atoms with E-state index >= 15 is 0 Å². The number of carbonyl (C=O) groups excluding carboxylic acids is 1. The van der Waals surface area contributed by atoms with Crippen LogP contribution in [0.15, 0.2) is 4.79 Å². The molecule has 0 spiro atoms. The van der Waals surface area contributed by atoms with Crippen molar-refractivity contribution in [2.75, 3.05) is 13.2 Å². The van der Waals surface area contributed by atoms with Crippen molar-refractivity contribution in [1.82, 2.24) is 9.55 Å². The Bertz CT molecular complexity index is 818. The molecule has 0 aliphatic heterocycles. The van der Waals surface area contributed by atoms with Crippen molar-refractivity contribution in [2.45, 2.75) is 25.8 Å². The lowest BCUT2D eigenvalue weighted by molar-refractivity contribution is -0.122. The van der Waals surface area contributed by atoms with Gasteiger partial charge in [-0.25, -0.2) is 0 Å². The summed E-state index contributed by atoms with van der Waals surface area (Å²) in [5.41, 5.74) is 6.09. The number of carbonyl (C=O) groups is 1. The Labute approximate surface area is 129 Å². The average molecular weight is 325 g/mol. The van der Waals surface area contributed by atoms with Crippen molar-refractivity contribution in [3.05, 3.63) is 25.6 Å². The summed E-state index contributed by atoms with van der Waals surface area (Å²) in [7, 11) is 0. The molecule has 0 unspecified atom stereocenters. The molecule has 0 radical (unpaired) electrons. The molecule has 2 heterocycles. The van der Waals surface area contributed by atoms with Gasteiger partial charge >= 0.3 is 0 Å². The summed E-state index contributed by atoms with van der Waals surface area (Å²) < 4.78 is 6.98. The highest BCUT2D eigenvalue weighted by molar-refractivity contribution is 7.71. The van der Waals surface area contributed by atoms with E-state index in [-0.39, 0.29) is 18.8 Å². The Morgan fingerprint density at radius 1 is 1.48 bits per heavy atom. The van der Waals surface area contributed by atoms with Crippen LogP contribution in [0.4, 0.5) is 0 Å². The third-order valence-electron chi connectivity index (χ3n) is 3.55. The monoisotopic (exact) mass is 325 g/mol. The topological polar surface area (TPSA) is 90.1 Å². The number of amides is 1. The Balaban J connectivity index is 1.94. The zero-order chi connectivity index (χ0) is 15.0. The van der Waals surface area contributed by atoms with Crippen LogP contribution in [-0.4, -0.2) is 28.7 Å². The fourth-order valence-electron chi connectivity index (χ4n) is 2.64. The number of aromatic amines is 1. The third kappa shape index (κ3) is 2.66. The lowest BCUT2D eigenvalue weighted by atomic mass is 10.2. The van der Waals surface area contributed by atoms with Crippen molar-refractivity contribution in [3.8, 4) is 0 Å². The van der Waals surface area contributed by atoms with Crippen LogP contribution in [0.5, 0.6) is 0 Å². The number of aryl methyl sites for hydroxylation is 2. The van der Waals surface area contributed by atoms with Crippen LogP contribution in [0.3, 0.4) is 0 Å². The Hall–Kier alpha value is -1.51. The SMILES string of the molecule is NC(=O)COCCn1c(=S)[nH]c2sc3c(c2c1=O)CCC3.